The van der Waals surface area contributed by atoms with Gasteiger partial charge in [-0.3, -0.25) is 14.4 Å². The molecule has 1 amide bonds. The minimum absolute atomic E-state index is 0.0690. The van der Waals surface area contributed by atoms with Crippen molar-refractivity contribution in [3.05, 3.63) is 17.5 Å². The first kappa shape index (κ1) is 17.4. The van der Waals surface area contributed by atoms with Crippen molar-refractivity contribution in [3.8, 4) is 0 Å². The van der Waals surface area contributed by atoms with E-state index in [0.717, 1.165) is 31.6 Å². The van der Waals surface area contributed by atoms with E-state index in [0.29, 0.717) is 12.2 Å². The number of carbonyl (C=O) groups is 1. The summed E-state index contributed by atoms with van der Waals surface area (Å²) in [4.78, 5) is 17.0. The van der Waals surface area contributed by atoms with Gasteiger partial charge in [0, 0.05) is 26.2 Å². The maximum Gasteiger partial charge on any atom is 0.272 e. The van der Waals surface area contributed by atoms with Gasteiger partial charge in [-0.25, -0.2) is 8.42 Å². The van der Waals surface area contributed by atoms with Gasteiger partial charge in [0.05, 0.1) is 23.2 Å². The minimum Gasteiger partial charge on any atom is -0.330 e. The Balaban J connectivity index is 1.87. The van der Waals surface area contributed by atoms with Crippen molar-refractivity contribution in [2.45, 2.75) is 38.8 Å². The highest BCUT2D eigenvalue weighted by Gasteiger charge is 2.47. The first-order chi connectivity index (χ1) is 11.4. The molecule has 0 aromatic carbocycles. The van der Waals surface area contributed by atoms with E-state index >= 15 is 0 Å². The third-order valence-electron chi connectivity index (χ3n) is 5.11. The van der Waals surface area contributed by atoms with E-state index in [4.69, 9.17) is 0 Å². The number of carbonyl (C=O) groups excluding carboxylic acids is 1. The highest BCUT2D eigenvalue weighted by atomic mass is 32.2. The largest absolute Gasteiger partial charge is 0.330 e. The Bertz CT molecular complexity index is 728. The summed E-state index contributed by atoms with van der Waals surface area (Å²) in [6.45, 7) is 6.22. The van der Waals surface area contributed by atoms with Crippen LogP contribution in [0.2, 0.25) is 0 Å². The van der Waals surface area contributed by atoms with Crippen molar-refractivity contribution in [3.63, 3.8) is 0 Å². The summed E-state index contributed by atoms with van der Waals surface area (Å²) in [5.74, 6) is 0.122. The minimum atomic E-state index is -3.09. The van der Waals surface area contributed by atoms with Crippen molar-refractivity contribution in [1.82, 2.24) is 19.6 Å². The smallest absolute Gasteiger partial charge is 0.272 e. The molecule has 2 aliphatic heterocycles. The Morgan fingerprint density at radius 2 is 1.96 bits per heavy atom. The number of rotatable bonds is 4. The molecule has 2 unspecified atom stereocenters. The molecule has 3 rings (SSSR count). The van der Waals surface area contributed by atoms with Gasteiger partial charge in [-0.15, -0.1) is 0 Å². The first-order valence-corrected chi connectivity index (χ1v) is 10.5. The van der Waals surface area contributed by atoms with Gasteiger partial charge in [-0.2, -0.15) is 5.10 Å². The van der Waals surface area contributed by atoms with Crippen LogP contribution < -0.4 is 0 Å². The topological polar surface area (TPSA) is 75.5 Å². The fourth-order valence-electron chi connectivity index (χ4n) is 3.92. The number of fused-ring (bicyclic) bond motifs is 1. The summed E-state index contributed by atoms with van der Waals surface area (Å²) in [5, 5.41) is 4.40. The maximum absolute atomic E-state index is 13.0. The van der Waals surface area contributed by atoms with Crippen LogP contribution in [0.1, 0.15) is 36.5 Å². The highest BCUT2D eigenvalue weighted by Crippen LogP contribution is 2.28. The molecule has 3 heterocycles. The molecule has 0 aliphatic carbocycles. The average Bonchev–Trinajstić information content (AvgIpc) is 3.04. The quantitative estimate of drug-likeness (QED) is 0.778. The number of aromatic nitrogens is 2. The van der Waals surface area contributed by atoms with Crippen molar-refractivity contribution in [2.75, 3.05) is 31.1 Å². The molecule has 2 fully saturated rings. The summed E-state index contributed by atoms with van der Waals surface area (Å²) in [7, 11) is -1.32. The van der Waals surface area contributed by atoms with Crippen LogP contribution in [0.3, 0.4) is 0 Å². The van der Waals surface area contributed by atoms with Crippen LogP contribution >= 0.6 is 0 Å². The molecule has 2 aliphatic rings. The standard InChI is InChI=1S/C16H26N4O3S/c1-4-6-12-9-13(18(3)17-12)16(21)20-8-7-19(5-2)14-10-24(22,23)11-15(14)20/h9,14-15H,4-8,10-11H2,1-3H3. The van der Waals surface area contributed by atoms with Gasteiger partial charge >= 0.3 is 0 Å². The van der Waals surface area contributed by atoms with E-state index in [9.17, 15) is 13.2 Å². The summed E-state index contributed by atoms with van der Waals surface area (Å²) in [6, 6.07) is 1.51. The van der Waals surface area contributed by atoms with E-state index in [-0.39, 0.29) is 29.5 Å². The Labute approximate surface area is 143 Å². The van der Waals surface area contributed by atoms with Gasteiger partial charge in [-0.1, -0.05) is 20.3 Å². The molecular weight excluding hydrogens is 328 g/mol. The number of hydrogen-bond acceptors (Lipinski definition) is 5. The lowest BCUT2D eigenvalue weighted by Crippen LogP contribution is -2.60. The predicted octanol–water partition coefficient (Wildman–Crippen LogP) is 0.316. The molecule has 0 spiro atoms. The van der Waals surface area contributed by atoms with Crippen LogP contribution in [0.15, 0.2) is 6.07 Å². The molecule has 134 valence electrons. The predicted molar refractivity (Wildman–Crippen MR) is 91.7 cm³/mol. The Hall–Kier alpha value is -1.41. The molecule has 0 bridgehead atoms. The summed E-state index contributed by atoms with van der Waals surface area (Å²) in [5.41, 5.74) is 1.46. The Morgan fingerprint density at radius 3 is 2.62 bits per heavy atom. The maximum atomic E-state index is 13.0. The van der Waals surface area contributed by atoms with E-state index in [1.165, 1.54) is 0 Å². The molecule has 1 aromatic heterocycles. The molecule has 2 saturated heterocycles. The molecule has 0 saturated carbocycles. The lowest BCUT2D eigenvalue weighted by atomic mass is 10.0. The summed E-state index contributed by atoms with van der Waals surface area (Å²) in [6.07, 6.45) is 1.81. The Morgan fingerprint density at radius 1 is 1.25 bits per heavy atom. The molecule has 8 heteroatoms. The highest BCUT2D eigenvalue weighted by molar-refractivity contribution is 7.91. The van der Waals surface area contributed by atoms with Crippen molar-refractivity contribution < 1.29 is 13.2 Å². The molecular formula is C16H26N4O3S. The second-order valence-corrected chi connectivity index (χ2v) is 8.89. The zero-order chi connectivity index (χ0) is 17.5. The van der Waals surface area contributed by atoms with Crippen LogP contribution in [0.25, 0.3) is 0 Å². The van der Waals surface area contributed by atoms with E-state index in [1.54, 1.807) is 16.6 Å². The molecule has 0 radical (unpaired) electrons. The first-order valence-electron chi connectivity index (χ1n) is 8.64. The number of hydrogen-bond donors (Lipinski definition) is 0. The van der Waals surface area contributed by atoms with E-state index < -0.39 is 9.84 Å². The summed E-state index contributed by atoms with van der Waals surface area (Å²) < 4.78 is 25.9. The van der Waals surface area contributed by atoms with Gasteiger partial charge in [-0.05, 0) is 19.0 Å². The zero-order valence-corrected chi connectivity index (χ0v) is 15.4. The third kappa shape index (κ3) is 3.09. The molecule has 7 nitrogen and oxygen atoms in total. The van der Waals surface area contributed by atoms with Crippen molar-refractivity contribution >= 4 is 15.7 Å². The summed E-state index contributed by atoms with van der Waals surface area (Å²) >= 11 is 0. The fraction of sp³-hybridized carbons (Fsp3) is 0.750. The van der Waals surface area contributed by atoms with Gasteiger partial charge < -0.3 is 4.90 Å². The molecule has 1 aromatic rings. The molecule has 24 heavy (non-hydrogen) atoms. The van der Waals surface area contributed by atoms with E-state index in [1.807, 2.05) is 13.0 Å². The SMILES string of the molecule is CCCc1cc(C(=O)N2CCN(CC)C3CS(=O)(=O)CC32)n(C)n1. The number of aryl methyl sites for hydroxylation is 2. The van der Waals surface area contributed by atoms with Crippen LogP contribution in [-0.4, -0.2) is 77.1 Å². The van der Waals surface area contributed by atoms with Crippen molar-refractivity contribution in [2.24, 2.45) is 7.05 Å². The number of nitrogens with zero attached hydrogens (tertiary/aromatic N) is 4. The lowest BCUT2D eigenvalue weighted by Gasteiger charge is -2.43. The molecule has 0 N–H and O–H groups in total. The van der Waals surface area contributed by atoms with Crippen LogP contribution in [0, 0.1) is 0 Å². The average molecular weight is 354 g/mol. The third-order valence-corrected chi connectivity index (χ3v) is 6.81. The Kier molecular flexibility index (Phi) is 4.70. The van der Waals surface area contributed by atoms with Crippen LogP contribution in [-0.2, 0) is 23.3 Å². The number of likely N-dealkylation sites (N-methyl/N-ethyl adjacent to an activating group) is 1. The van der Waals surface area contributed by atoms with Gasteiger partial charge in [0.15, 0.2) is 9.84 Å². The number of amides is 1. The monoisotopic (exact) mass is 354 g/mol. The number of piperazine rings is 1. The fourth-order valence-corrected chi connectivity index (χ4v) is 5.93. The van der Waals surface area contributed by atoms with Crippen molar-refractivity contribution in [1.29, 1.82) is 0 Å². The van der Waals surface area contributed by atoms with E-state index in [2.05, 4.69) is 16.9 Å². The second-order valence-electron chi connectivity index (χ2n) is 6.73. The lowest BCUT2D eigenvalue weighted by molar-refractivity contribution is 0.0340. The van der Waals surface area contributed by atoms with Gasteiger partial charge in [0.1, 0.15) is 5.69 Å². The normalized spacial score (nSPS) is 26.5. The number of sulfone groups is 1. The second kappa shape index (κ2) is 6.48. The molecule has 2 atom stereocenters. The zero-order valence-electron chi connectivity index (χ0n) is 14.6. The van der Waals surface area contributed by atoms with Gasteiger partial charge in [0.2, 0.25) is 0 Å². The van der Waals surface area contributed by atoms with Gasteiger partial charge in [0.25, 0.3) is 5.91 Å². The van der Waals surface area contributed by atoms with Crippen LogP contribution in [0.5, 0.6) is 0 Å². The van der Waals surface area contributed by atoms with Crippen LogP contribution in [0.4, 0.5) is 0 Å².